The van der Waals surface area contributed by atoms with Gasteiger partial charge in [0.25, 0.3) is 5.91 Å². The molecule has 0 saturated carbocycles. The van der Waals surface area contributed by atoms with E-state index in [1.54, 1.807) is 0 Å². The largest absolute Gasteiger partial charge is 0.442 e. The van der Waals surface area contributed by atoms with E-state index in [-0.39, 0.29) is 5.91 Å². The number of benzene rings is 4. The Labute approximate surface area is 221 Å². The molecule has 0 aliphatic rings. The minimum absolute atomic E-state index is 0.162. The first-order chi connectivity index (χ1) is 18.2. The van der Waals surface area contributed by atoms with Crippen LogP contribution in [0.1, 0.15) is 38.1 Å². The van der Waals surface area contributed by atoms with Crippen molar-refractivity contribution in [3.8, 4) is 11.1 Å². The Kier molecular flexibility index (Phi) is 6.59. The van der Waals surface area contributed by atoms with Crippen LogP contribution in [-0.2, 0) is 4.74 Å². The summed E-state index contributed by atoms with van der Waals surface area (Å²) in [5.41, 5.74) is 3.23. The molecular weight excluding hydrogens is 476 g/mol. The zero-order chi connectivity index (χ0) is 26.9. The first kappa shape index (κ1) is 25.0. The van der Waals surface area contributed by atoms with E-state index in [0.29, 0.717) is 23.4 Å². The molecule has 0 aliphatic carbocycles. The average molecular weight is 507 g/mol. The van der Waals surface area contributed by atoms with Gasteiger partial charge in [-0.2, -0.15) is 4.68 Å². The summed E-state index contributed by atoms with van der Waals surface area (Å²) in [6.07, 6.45) is -0.531. The lowest BCUT2D eigenvalue weighted by Gasteiger charge is -2.19. The average Bonchev–Trinajstić information content (AvgIpc) is 3.27. The minimum Gasteiger partial charge on any atom is -0.442 e. The number of hydrogen-bond donors (Lipinski definition) is 2. The van der Waals surface area contributed by atoms with Crippen molar-refractivity contribution in [3.05, 3.63) is 90.5 Å². The van der Waals surface area contributed by atoms with Gasteiger partial charge in [0.2, 0.25) is 0 Å². The van der Waals surface area contributed by atoms with Crippen molar-refractivity contribution in [2.24, 2.45) is 0 Å². The normalized spacial score (nSPS) is 11.5. The van der Waals surface area contributed by atoms with E-state index in [4.69, 9.17) is 4.74 Å². The highest BCUT2D eigenvalue weighted by Crippen LogP contribution is 2.36. The smallest absolute Gasteiger partial charge is 0.435 e. The standard InChI is InChI=1S/C31H30N4O3/c1-5-32-28-27-24(14-10-16-26(27)35(34-28)30(37)38-31(2,3)4)21-17-18-23-20(19-21)11-9-15-25(23)29(36)33-22-12-7-6-8-13-22/h6-19H,5H2,1-4H3,(H,32,34)(H,33,36). The van der Waals surface area contributed by atoms with Crippen LogP contribution >= 0.6 is 0 Å². The highest BCUT2D eigenvalue weighted by Gasteiger charge is 2.24. The molecule has 1 amide bonds. The van der Waals surface area contributed by atoms with Gasteiger partial charge in [-0.3, -0.25) is 4.79 Å². The van der Waals surface area contributed by atoms with E-state index in [9.17, 15) is 9.59 Å². The van der Waals surface area contributed by atoms with Crippen LogP contribution in [0.4, 0.5) is 16.3 Å². The molecule has 0 unspecified atom stereocenters. The number of carbonyl (C=O) groups excluding carboxylic acids is 2. The van der Waals surface area contributed by atoms with E-state index < -0.39 is 11.7 Å². The van der Waals surface area contributed by atoms with Crippen molar-refractivity contribution in [2.45, 2.75) is 33.3 Å². The summed E-state index contributed by atoms with van der Waals surface area (Å²) in [5, 5.41) is 13.4. The van der Waals surface area contributed by atoms with Gasteiger partial charge in [-0.1, -0.05) is 54.6 Å². The van der Waals surface area contributed by atoms with Gasteiger partial charge in [-0.25, -0.2) is 4.79 Å². The Morgan fingerprint density at radius 1 is 0.921 bits per heavy atom. The Balaban J connectivity index is 1.58. The predicted octanol–water partition coefficient (Wildman–Crippen LogP) is 7.32. The van der Waals surface area contributed by atoms with Crippen LogP contribution < -0.4 is 10.6 Å². The third kappa shape index (κ3) is 4.95. The fourth-order valence-electron chi connectivity index (χ4n) is 4.51. The molecule has 0 radical (unpaired) electrons. The molecule has 7 heteroatoms. The van der Waals surface area contributed by atoms with E-state index >= 15 is 0 Å². The maximum Gasteiger partial charge on any atom is 0.435 e. The van der Waals surface area contributed by atoms with E-state index in [0.717, 1.165) is 33.0 Å². The molecule has 0 spiro atoms. The molecule has 0 atom stereocenters. The number of rotatable bonds is 5. The van der Waals surface area contributed by atoms with Crippen LogP contribution in [-0.4, -0.2) is 33.9 Å². The van der Waals surface area contributed by atoms with Crippen molar-refractivity contribution in [1.29, 1.82) is 0 Å². The van der Waals surface area contributed by atoms with E-state index in [1.165, 1.54) is 4.68 Å². The number of fused-ring (bicyclic) bond motifs is 2. The first-order valence-corrected chi connectivity index (χ1v) is 12.6. The number of hydrogen-bond acceptors (Lipinski definition) is 5. The van der Waals surface area contributed by atoms with Gasteiger partial charge < -0.3 is 15.4 Å². The molecule has 4 aromatic carbocycles. The van der Waals surface area contributed by atoms with E-state index in [2.05, 4.69) is 21.8 Å². The molecular formula is C31H30N4O3. The molecule has 0 bridgehead atoms. The number of aromatic nitrogens is 2. The molecule has 0 aliphatic heterocycles. The second kappa shape index (κ2) is 10.0. The Morgan fingerprint density at radius 2 is 1.68 bits per heavy atom. The molecule has 0 saturated heterocycles. The predicted molar refractivity (Wildman–Crippen MR) is 153 cm³/mol. The van der Waals surface area contributed by atoms with Crippen LogP contribution in [0.15, 0.2) is 84.9 Å². The lowest BCUT2D eigenvalue weighted by molar-refractivity contribution is 0.0523. The summed E-state index contributed by atoms with van der Waals surface area (Å²) in [5.74, 6) is 0.449. The number of nitrogens with one attached hydrogen (secondary N) is 2. The third-order valence-corrected chi connectivity index (χ3v) is 6.09. The third-order valence-electron chi connectivity index (χ3n) is 6.09. The Bertz CT molecular complexity index is 1650. The molecule has 192 valence electrons. The number of anilines is 2. The van der Waals surface area contributed by atoms with Gasteiger partial charge in [-0.15, -0.1) is 5.10 Å². The molecule has 5 rings (SSSR count). The topological polar surface area (TPSA) is 85.2 Å². The summed E-state index contributed by atoms with van der Waals surface area (Å²) in [6, 6.07) is 26.9. The number of para-hydroxylation sites is 1. The van der Waals surface area contributed by atoms with Gasteiger partial charge in [0.15, 0.2) is 5.82 Å². The molecule has 5 aromatic rings. The molecule has 0 fully saturated rings. The van der Waals surface area contributed by atoms with Crippen LogP contribution in [0.2, 0.25) is 0 Å². The zero-order valence-electron chi connectivity index (χ0n) is 21.9. The van der Waals surface area contributed by atoms with Gasteiger partial charge in [0, 0.05) is 17.8 Å². The van der Waals surface area contributed by atoms with Crippen LogP contribution in [0.5, 0.6) is 0 Å². The highest BCUT2D eigenvalue weighted by molar-refractivity contribution is 6.14. The lowest BCUT2D eigenvalue weighted by Crippen LogP contribution is -2.27. The Morgan fingerprint density at radius 3 is 2.42 bits per heavy atom. The lowest BCUT2D eigenvalue weighted by atomic mass is 9.96. The van der Waals surface area contributed by atoms with Crippen LogP contribution in [0.3, 0.4) is 0 Å². The van der Waals surface area contributed by atoms with Crippen molar-refractivity contribution < 1.29 is 14.3 Å². The summed E-state index contributed by atoms with van der Waals surface area (Å²) in [4.78, 5) is 26.0. The summed E-state index contributed by atoms with van der Waals surface area (Å²) in [6.45, 7) is 8.12. The fourth-order valence-corrected chi connectivity index (χ4v) is 4.51. The molecule has 38 heavy (non-hydrogen) atoms. The minimum atomic E-state index is -0.645. The second-order valence-corrected chi connectivity index (χ2v) is 10.0. The van der Waals surface area contributed by atoms with E-state index in [1.807, 2.05) is 107 Å². The fraction of sp³-hybridized carbons (Fsp3) is 0.194. The van der Waals surface area contributed by atoms with Crippen molar-refractivity contribution in [1.82, 2.24) is 9.78 Å². The van der Waals surface area contributed by atoms with Crippen LogP contribution in [0, 0.1) is 0 Å². The summed E-state index contributed by atoms with van der Waals surface area (Å²) < 4.78 is 6.92. The number of nitrogens with zero attached hydrogens (tertiary/aromatic N) is 2. The molecule has 7 nitrogen and oxygen atoms in total. The first-order valence-electron chi connectivity index (χ1n) is 12.6. The molecule has 1 heterocycles. The summed E-state index contributed by atoms with van der Waals surface area (Å²) in [7, 11) is 0. The quantitative estimate of drug-likeness (QED) is 0.261. The van der Waals surface area contributed by atoms with Crippen LogP contribution in [0.25, 0.3) is 32.8 Å². The van der Waals surface area contributed by atoms with Gasteiger partial charge in [0.05, 0.1) is 10.9 Å². The Hall–Kier alpha value is -4.65. The number of amides is 1. The maximum atomic E-state index is 13.1. The molecule has 2 N–H and O–H groups in total. The van der Waals surface area contributed by atoms with Crippen molar-refractivity contribution >= 4 is 45.2 Å². The highest BCUT2D eigenvalue weighted by atomic mass is 16.6. The maximum absolute atomic E-state index is 13.1. The number of carbonyl (C=O) groups is 2. The second-order valence-electron chi connectivity index (χ2n) is 10.0. The number of ether oxygens (including phenoxy) is 1. The zero-order valence-corrected chi connectivity index (χ0v) is 21.9. The van der Waals surface area contributed by atoms with Gasteiger partial charge in [0.1, 0.15) is 5.60 Å². The van der Waals surface area contributed by atoms with Crippen molar-refractivity contribution in [2.75, 3.05) is 17.2 Å². The summed E-state index contributed by atoms with van der Waals surface area (Å²) >= 11 is 0. The molecule has 1 aromatic heterocycles. The SMILES string of the molecule is CCNc1nn(C(=O)OC(C)(C)C)c2cccc(-c3ccc4c(C(=O)Nc5ccccc5)cccc4c3)c12. The monoisotopic (exact) mass is 506 g/mol. The van der Waals surface area contributed by atoms with Gasteiger partial charge in [-0.05, 0) is 79.9 Å². The van der Waals surface area contributed by atoms with Gasteiger partial charge >= 0.3 is 6.09 Å². The van der Waals surface area contributed by atoms with Crippen molar-refractivity contribution in [3.63, 3.8) is 0 Å².